The van der Waals surface area contributed by atoms with Crippen molar-refractivity contribution in [1.29, 1.82) is 0 Å². The number of carbonyl (C=O) groups excluding carboxylic acids is 1. The van der Waals surface area contributed by atoms with Crippen molar-refractivity contribution in [2.24, 2.45) is 5.41 Å². The van der Waals surface area contributed by atoms with Crippen molar-refractivity contribution >= 4 is 6.03 Å². The van der Waals surface area contributed by atoms with Crippen molar-refractivity contribution in [3.63, 3.8) is 0 Å². The summed E-state index contributed by atoms with van der Waals surface area (Å²) in [5, 5.41) is 12.3. The molecule has 5 heteroatoms. The third kappa shape index (κ3) is 3.04. The third-order valence-electron chi connectivity index (χ3n) is 4.93. The number of benzene rings is 1. The number of amides is 2. The number of hydrogen-bond donors (Lipinski definition) is 2. The summed E-state index contributed by atoms with van der Waals surface area (Å²) in [5.41, 5.74) is 1.06. The van der Waals surface area contributed by atoms with Crippen LogP contribution in [-0.2, 0) is 11.3 Å². The fourth-order valence-corrected chi connectivity index (χ4v) is 3.57. The van der Waals surface area contributed by atoms with E-state index < -0.39 is 0 Å². The average molecular weight is 304 g/mol. The Balaban J connectivity index is 1.50. The van der Waals surface area contributed by atoms with Crippen molar-refractivity contribution < 1.29 is 14.6 Å². The fourth-order valence-electron chi connectivity index (χ4n) is 3.57. The largest absolute Gasteiger partial charge is 0.508 e. The van der Waals surface area contributed by atoms with Crippen LogP contribution in [-0.4, -0.2) is 41.8 Å². The molecule has 3 atom stereocenters. The summed E-state index contributed by atoms with van der Waals surface area (Å²) in [6.45, 7) is 3.38. The Bertz CT molecular complexity index is 545. The summed E-state index contributed by atoms with van der Waals surface area (Å²) in [4.78, 5) is 13.9. The molecule has 2 saturated heterocycles. The maximum absolute atomic E-state index is 12.2. The zero-order chi connectivity index (χ0) is 15.7. The molecule has 0 unspecified atom stereocenters. The molecule has 0 aromatic heterocycles. The molecule has 2 aliphatic heterocycles. The van der Waals surface area contributed by atoms with Gasteiger partial charge in [0.05, 0.1) is 12.2 Å². The Hall–Kier alpha value is -1.75. The number of phenols is 1. The van der Waals surface area contributed by atoms with E-state index in [4.69, 9.17) is 4.74 Å². The lowest BCUT2D eigenvalue weighted by Gasteiger charge is -2.32. The number of fused-ring (bicyclic) bond motifs is 2. The number of nitrogens with zero attached hydrogens (tertiary/aromatic N) is 1. The van der Waals surface area contributed by atoms with Gasteiger partial charge in [-0.1, -0.05) is 19.1 Å². The summed E-state index contributed by atoms with van der Waals surface area (Å²) >= 11 is 0. The first kappa shape index (κ1) is 15.2. The molecule has 1 aromatic rings. The molecule has 120 valence electrons. The number of aromatic hydroxyl groups is 1. The third-order valence-corrected chi connectivity index (χ3v) is 4.93. The SMILES string of the molecule is CN(Cc1ccc(O)cc1)C(=O)NC[C@@]1(C)C[C@H]2CC[C@H]1O2. The number of rotatable bonds is 4. The average Bonchev–Trinajstić information content (AvgIpc) is 3.07. The van der Waals surface area contributed by atoms with Gasteiger partial charge in [0.2, 0.25) is 0 Å². The highest BCUT2D eigenvalue weighted by Gasteiger charge is 2.49. The molecule has 2 aliphatic rings. The summed E-state index contributed by atoms with van der Waals surface area (Å²) in [6.07, 6.45) is 4.00. The molecule has 2 amide bonds. The van der Waals surface area contributed by atoms with Crippen LogP contribution in [0.15, 0.2) is 24.3 Å². The fraction of sp³-hybridized carbons (Fsp3) is 0.588. The standard InChI is InChI=1S/C17H24N2O3/c1-17(9-14-7-8-15(17)22-14)11-18-16(21)19(2)10-12-3-5-13(20)6-4-12/h3-6,14-15,20H,7-11H2,1-2H3,(H,18,21)/t14-,15-,17-/m1/s1. The molecule has 2 fully saturated rings. The van der Waals surface area contributed by atoms with Crippen LogP contribution < -0.4 is 5.32 Å². The van der Waals surface area contributed by atoms with Gasteiger partial charge in [-0.3, -0.25) is 0 Å². The molecule has 0 spiro atoms. The Morgan fingerprint density at radius 2 is 2.14 bits per heavy atom. The van der Waals surface area contributed by atoms with Gasteiger partial charge in [0.15, 0.2) is 0 Å². The zero-order valence-electron chi connectivity index (χ0n) is 13.2. The smallest absolute Gasteiger partial charge is 0.317 e. The van der Waals surface area contributed by atoms with Crippen LogP contribution >= 0.6 is 0 Å². The number of nitrogens with one attached hydrogen (secondary N) is 1. The van der Waals surface area contributed by atoms with E-state index in [0.717, 1.165) is 24.8 Å². The summed E-state index contributed by atoms with van der Waals surface area (Å²) < 4.78 is 5.90. The lowest BCUT2D eigenvalue weighted by Crippen LogP contribution is -2.45. The molecule has 3 rings (SSSR count). The van der Waals surface area contributed by atoms with Gasteiger partial charge in [-0.15, -0.1) is 0 Å². The van der Waals surface area contributed by atoms with Crippen LogP contribution in [0.3, 0.4) is 0 Å². The van der Waals surface area contributed by atoms with Gasteiger partial charge in [-0.25, -0.2) is 4.79 Å². The first-order chi connectivity index (χ1) is 10.5. The van der Waals surface area contributed by atoms with E-state index >= 15 is 0 Å². The van der Waals surface area contributed by atoms with Gasteiger partial charge in [0.25, 0.3) is 0 Å². The second-order valence-electron chi connectivity index (χ2n) is 6.86. The highest BCUT2D eigenvalue weighted by Crippen LogP contribution is 2.46. The lowest BCUT2D eigenvalue weighted by atomic mass is 9.75. The van der Waals surface area contributed by atoms with E-state index in [9.17, 15) is 9.90 Å². The molecular formula is C17H24N2O3. The number of carbonyl (C=O) groups is 1. The van der Waals surface area contributed by atoms with Gasteiger partial charge < -0.3 is 20.1 Å². The summed E-state index contributed by atoms with van der Waals surface area (Å²) in [7, 11) is 1.78. The molecule has 22 heavy (non-hydrogen) atoms. The number of hydrogen-bond acceptors (Lipinski definition) is 3. The molecule has 1 aromatic carbocycles. The number of phenolic OH excluding ortho intramolecular Hbond substituents is 1. The van der Waals surface area contributed by atoms with E-state index in [2.05, 4.69) is 12.2 Å². The summed E-state index contributed by atoms with van der Waals surface area (Å²) in [6, 6.07) is 6.84. The van der Waals surface area contributed by atoms with Gasteiger partial charge in [-0.05, 0) is 37.0 Å². The summed E-state index contributed by atoms with van der Waals surface area (Å²) in [5.74, 6) is 0.236. The maximum Gasteiger partial charge on any atom is 0.317 e. The van der Waals surface area contributed by atoms with Crippen molar-refractivity contribution in [3.05, 3.63) is 29.8 Å². The van der Waals surface area contributed by atoms with Crippen molar-refractivity contribution in [2.75, 3.05) is 13.6 Å². The molecule has 0 radical (unpaired) electrons. The van der Waals surface area contributed by atoms with E-state index in [1.165, 1.54) is 0 Å². The molecule has 2 bridgehead atoms. The second-order valence-corrected chi connectivity index (χ2v) is 6.86. The minimum Gasteiger partial charge on any atom is -0.508 e. The van der Waals surface area contributed by atoms with E-state index in [1.807, 2.05) is 12.1 Å². The zero-order valence-corrected chi connectivity index (χ0v) is 13.2. The van der Waals surface area contributed by atoms with Crippen LogP contribution in [0.4, 0.5) is 4.79 Å². The minimum absolute atomic E-state index is 0.0674. The van der Waals surface area contributed by atoms with E-state index in [0.29, 0.717) is 25.3 Å². The molecule has 0 aliphatic carbocycles. The highest BCUT2D eigenvalue weighted by atomic mass is 16.5. The first-order valence-electron chi connectivity index (χ1n) is 7.89. The van der Waals surface area contributed by atoms with Gasteiger partial charge in [0.1, 0.15) is 5.75 Å². The second kappa shape index (κ2) is 5.80. The Labute approximate surface area is 131 Å². The normalized spacial score (nSPS) is 29.5. The number of urea groups is 1. The number of ether oxygens (including phenoxy) is 1. The van der Waals surface area contributed by atoms with Crippen LogP contribution in [0.2, 0.25) is 0 Å². The van der Waals surface area contributed by atoms with Gasteiger partial charge >= 0.3 is 6.03 Å². The first-order valence-corrected chi connectivity index (χ1v) is 7.89. The molecule has 2 N–H and O–H groups in total. The van der Waals surface area contributed by atoms with Crippen molar-refractivity contribution in [1.82, 2.24) is 10.2 Å². The quantitative estimate of drug-likeness (QED) is 0.898. The maximum atomic E-state index is 12.2. The topological polar surface area (TPSA) is 61.8 Å². The van der Waals surface area contributed by atoms with Crippen LogP contribution in [0.25, 0.3) is 0 Å². The Morgan fingerprint density at radius 1 is 1.41 bits per heavy atom. The van der Waals surface area contributed by atoms with E-state index in [1.54, 1.807) is 24.1 Å². The lowest BCUT2D eigenvalue weighted by molar-refractivity contribution is 0.0676. The minimum atomic E-state index is -0.0722. The molecule has 2 heterocycles. The van der Waals surface area contributed by atoms with Crippen molar-refractivity contribution in [3.8, 4) is 5.75 Å². The predicted octanol–water partition coefficient (Wildman–Crippen LogP) is 2.49. The van der Waals surface area contributed by atoms with E-state index in [-0.39, 0.29) is 17.2 Å². The predicted molar refractivity (Wildman–Crippen MR) is 83.6 cm³/mol. The monoisotopic (exact) mass is 304 g/mol. The van der Waals surface area contributed by atoms with Crippen LogP contribution in [0.5, 0.6) is 5.75 Å². The van der Waals surface area contributed by atoms with Crippen molar-refractivity contribution in [2.45, 2.75) is 44.9 Å². The molecule has 0 saturated carbocycles. The van der Waals surface area contributed by atoms with Crippen LogP contribution in [0.1, 0.15) is 31.7 Å². The molecule has 5 nitrogen and oxygen atoms in total. The molecular weight excluding hydrogens is 280 g/mol. The van der Waals surface area contributed by atoms with Gasteiger partial charge in [-0.2, -0.15) is 0 Å². The van der Waals surface area contributed by atoms with Crippen LogP contribution in [0, 0.1) is 5.41 Å². The Kier molecular flexibility index (Phi) is 4.00. The highest BCUT2D eigenvalue weighted by molar-refractivity contribution is 5.73. The Morgan fingerprint density at radius 3 is 2.73 bits per heavy atom. The van der Waals surface area contributed by atoms with Gasteiger partial charge in [0, 0.05) is 25.6 Å².